The minimum Gasteiger partial charge on any atom is -0.468 e. The lowest BCUT2D eigenvalue weighted by atomic mass is 10.3. The van der Waals surface area contributed by atoms with Gasteiger partial charge in [0.15, 0.2) is 0 Å². The molecular formula is C8H13NOS. The summed E-state index contributed by atoms with van der Waals surface area (Å²) in [6, 6.07) is 1.98. The van der Waals surface area contributed by atoms with Gasteiger partial charge in [0.1, 0.15) is 5.76 Å². The van der Waals surface area contributed by atoms with Crippen molar-refractivity contribution < 1.29 is 4.42 Å². The van der Waals surface area contributed by atoms with Crippen LogP contribution in [0.3, 0.4) is 0 Å². The number of furan rings is 1. The molecule has 2 nitrogen and oxygen atoms in total. The number of hydrogen-bond acceptors (Lipinski definition) is 3. The van der Waals surface area contributed by atoms with Crippen molar-refractivity contribution in [3.63, 3.8) is 0 Å². The quantitative estimate of drug-likeness (QED) is 0.702. The van der Waals surface area contributed by atoms with Gasteiger partial charge in [-0.2, -0.15) is 11.8 Å². The van der Waals surface area contributed by atoms with E-state index in [2.05, 4.69) is 6.92 Å². The van der Waals surface area contributed by atoms with Gasteiger partial charge >= 0.3 is 0 Å². The highest BCUT2D eigenvalue weighted by molar-refractivity contribution is 7.98. The summed E-state index contributed by atoms with van der Waals surface area (Å²) in [6.07, 6.45) is 1.73. The van der Waals surface area contributed by atoms with Gasteiger partial charge in [0, 0.05) is 12.3 Å². The molecule has 2 N–H and O–H groups in total. The van der Waals surface area contributed by atoms with E-state index >= 15 is 0 Å². The maximum Gasteiger partial charge on any atom is 0.116 e. The second-order valence-electron chi connectivity index (χ2n) is 2.37. The van der Waals surface area contributed by atoms with Crippen molar-refractivity contribution in [1.29, 1.82) is 0 Å². The van der Waals surface area contributed by atoms with Gasteiger partial charge in [-0.25, -0.2) is 0 Å². The Hall–Kier alpha value is -0.410. The summed E-state index contributed by atoms with van der Waals surface area (Å²) in [5, 5.41) is 0. The van der Waals surface area contributed by atoms with Crippen LogP contribution in [-0.4, -0.2) is 12.3 Å². The van der Waals surface area contributed by atoms with Gasteiger partial charge in [-0.3, -0.25) is 0 Å². The molecule has 0 radical (unpaired) electrons. The van der Waals surface area contributed by atoms with E-state index in [4.69, 9.17) is 10.2 Å². The van der Waals surface area contributed by atoms with Crippen LogP contribution in [0.15, 0.2) is 16.7 Å². The first-order valence-electron chi connectivity index (χ1n) is 3.65. The third-order valence-corrected chi connectivity index (χ3v) is 2.45. The zero-order chi connectivity index (χ0) is 8.10. The highest BCUT2D eigenvalue weighted by Crippen LogP contribution is 2.15. The molecule has 0 bridgehead atoms. The Balaban J connectivity index is 2.32. The molecule has 1 rings (SSSR count). The first-order chi connectivity index (χ1) is 5.34. The van der Waals surface area contributed by atoms with E-state index in [9.17, 15) is 0 Å². The van der Waals surface area contributed by atoms with Crippen LogP contribution < -0.4 is 5.73 Å². The van der Waals surface area contributed by atoms with Crippen molar-refractivity contribution in [2.45, 2.75) is 12.7 Å². The Morgan fingerprint density at radius 3 is 3.00 bits per heavy atom. The standard InChI is InChI=1S/C8H13NOS/c1-7-2-4-10-8(7)6-11-5-3-9/h2,4H,3,5-6,9H2,1H3. The fourth-order valence-electron chi connectivity index (χ4n) is 0.800. The second-order valence-corrected chi connectivity index (χ2v) is 3.47. The molecule has 1 aromatic rings. The summed E-state index contributed by atoms with van der Waals surface area (Å²) >= 11 is 1.81. The van der Waals surface area contributed by atoms with Gasteiger partial charge in [0.25, 0.3) is 0 Å². The third-order valence-electron chi connectivity index (χ3n) is 1.46. The SMILES string of the molecule is Cc1ccoc1CSCCN. The molecular weight excluding hydrogens is 158 g/mol. The van der Waals surface area contributed by atoms with Crippen molar-refractivity contribution in [1.82, 2.24) is 0 Å². The zero-order valence-corrected chi connectivity index (χ0v) is 7.49. The molecule has 3 heteroatoms. The molecule has 1 aromatic heterocycles. The highest BCUT2D eigenvalue weighted by atomic mass is 32.2. The fourth-order valence-corrected chi connectivity index (χ4v) is 1.59. The van der Waals surface area contributed by atoms with Crippen molar-refractivity contribution in [3.8, 4) is 0 Å². The molecule has 0 fully saturated rings. The first-order valence-corrected chi connectivity index (χ1v) is 4.81. The molecule has 0 saturated carbocycles. The molecule has 0 spiro atoms. The zero-order valence-electron chi connectivity index (χ0n) is 6.67. The smallest absolute Gasteiger partial charge is 0.116 e. The van der Waals surface area contributed by atoms with Gasteiger partial charge in [-0.05, 0) is 18.6 Å². The minimum atomic E-state index is 0.740. The fraction of sp³-hybridized carbons (Fsp3) is 0.500. The number of hydrogen-bond donors (Lipinski definition) is 1. The molecule has 1 heterocycles. The first kappa shape index (κ1) is 8.68. The van der Waals surface area contributed by atoms with Crippen LogP contribution in [0.25, 0.3) is 0 Å². The van der Waals surface area contributed by atoms with Crippen LogP contribution in [0, 0.1) is 6.92 Å². The molecule has 0 atom stereocenters. The largest absolute Gasteiger partial charge is 0.468 e. The normalized spacial score (nSPS) is 10.4. The summed E-state index contributed by atoms with van der Waals surface area (Å²) < 4.78 is 5.25. The average molecular weight is 171 g/mol. The van der Waals surface area contributed by atoms with Crippen LogP contribution in [0.1, 0.15) is 11.3 Å². The van der Waals surface area contributed by atoms with Crippen molar-refractivity contribution in [2.24, 2.45) is 5.73 Å². The Morgan fingerprint density at radius 1 is 1.64 bits per heavy atom. The second kappa shape index (κ2) is 4.46. The summed E-state index contributed by atoms with van der Waals surface area (Å²) in [5.41, 5.74) is 6.59. The molecule has 0 aromatic carbocycles. The molecule has 0 aliphatic rings. The third kappa shape index (κ3) is 2.60. The van der Waals surface area contributed by atoms with E-state index in [-0.39, 0.29) is 0 Å². The van der Waals surface area contributed by atoms with Gasteiger partial charge < -0.3 is 10.2 Å². The van der Waals surface area contributed by atoms with E-state index in [0.717, 1.165) is 23.8 Å². The maximum atomic E-state index is 5.35. The maximum absolute atomic E-state index is 5.35. The van der Waals surface area contributed by atoms with Crippen molar-refractivity contribution >= 4 is 11.8 Å². The van der Waals surface area contributed by atoms with Crippen LogP contribution in [0.5, 0.6) is 0 Å². The van der Waals surface area contributed by atoms with E-state index in [1.165, 1.54) is 5.56 Å². The molecule has 62 valence electrons. The molecule has 0 amide bonds. The minimum absolute atomic E-state index is 0.740. The van der Waals surface area contributed by atoms with Crippen LogP contribution in [0.4, 0.5) is 0 Å². The number of rotatable bonds is 4. The van der Waals surface area contributed by atoms with Gasteiger partial charge in [0.2, 0.25) is 0 Å². The molecule has 0 saturated heterocycles. The van der Waals surface area contributed by atoms with E-state index in [1.807, 2.05) is 6.07 Å². The van der Waals surface area contributed by atoms with Gasteiger partial charge in [-0.15, -0.1) is 0 Å². The predicted octanol–water partition coefficient (Wildman–Crippen LogP) is 1.78. The van der Waals surface area contributed by atoms with Crippen LogP contribution in [-0.2, 0) is 5.75 Å². The molecule has 0 aliphatic carbocycles. The Kier molecular flexibility index (Phi) is 3.52. The van der Waals surface area contributed by atoms with Crippen molar-refractivity contribution in [2.75, 3.05) is 12.3 Å². The van der Waals surface area contributed by atoms with Crippen LogP contribution in [0.2, 0.25) is 0 Å². The average Bonchev–Trinajstić information content (AvgIpc) is 2.37. The lowest BCUT2D eigenvalue weighted by Crippen LogP contribution is -2.01. The molecule has 0 aliphatic heterocycles. The molecule has 11 heavy (non-hydrogen) atoms. The summed E-state index contributed by atoms with van der Waals surface area (Å²) in [6.45, 7) is 2.80. The topological polar surface area (TPSA) is 39.2 Å². The van der Waals surface area contributed by atoms with Gasteiger partial charge in [-0.1, -0.05) is 0 Å². The number of thioether (sulfide) groups is 1. The molecule has 0 unspecified atom stereocenters. The van der Waals surface area contributed by atoms with E-state index in [1.54, 1.807) is 18.0 Å². The Labute approximate surface area is 71.1 Å². The lowest BCUT2D eigenvalue weighted by molar-refractivity contribution is 0.528. The monoisotopic (exact) mass is 171 g/mol. The Bertz CT molecular complexity index is 210. The lowest BCUT2D eigenvalue weighted by Gasteiger charge is -1.96. The number of aryl methyl sites for hydroxylation is 1. The van der Waals surface area contributed by atoms with E-state index < -0.39 is 0 Å². The van der Waals surface area contributed by atoms with Gasteiger partial charge in [0.05, 0.1) is 12.0 Å². The van der Waals surface area contributed by atoms with Crippen molar-refractivity contribution in [3.05, 3.63) is 23.7 Å². The van der Waals surface area contributed by atoms with E-state index in [0.29, 0.717) is 0 Å². The summed E-state index contributed by atoms with van der Waals surface area (Å²) in [5.74, 6) is 3.01. The number of nitrogens with two attached hydrogens (primary N) is 1. The Morgan fingerprint density at radius 2 is 2.45 bits per heavy atom. The van der Waals surface area contributed by atoms with Crippen LogP contribution >= 0.6 is 11.8 Å². The predicted molar refractivity (Wildman–Crippen MR) is 48.7 cm³/mol. The summed E-state index contributed by atoms with van der Waals surface area (Å²) in [7, 11) is 0. The highest BCUT2D eigenvalue weighted by Gasteiger charge is 1.99. The summed E-state index contributed by atoms with van der Waals surface area (Å²) in [4.78, 5) is 0.